The van der Waals surface area contributed by atoms with E-state index in [-0.39, 0.29) is 17.4 Å². The van der Waals surface area contributed by atoms with E-state index in [2.05, 4.69) is 15.3 Å². The van der Waals surface area contributed by atoms with E-state index in [1.165, 1.54) is 11.8 Å². The van der Waals surface area contributed by atoms with Crippen molar-refractivity contribution in [2.75, 3.05) is 33.0 Å². The zero-order chi connectivity index (χ0) is 23.5. The minimum atomic E-state index is -1.10. The number of alkyl halides is 1. The normalized spacial score (nSPS) is 18.9. The Kier molecular flexibility index (Phi) is 7.26. The molecule has 3 aromatic rings. The molecule has 10 heteroatoms. The van der Waals surface area contributed by atoms with Gasteiger partial charge in [-0.05, 0) is 50.7 Å². The fraction of sp³-hybridized carbons (Fsp3) is 0.391. The van der Waals surface area contributed by atoms with E-state index in [1.807, 2.05) is 37.1 Å². The number of fused-ring (bicyclic) bond motifs is 1. The maximum atomic E-state index is 14.2. The van der Waals surface area contributed by atoms with Crippen molar-refractivity contribution < 1.29 is 18.7 Å². The lowest BCUT2D eigenvalue weighted by Crippen LogP contribution is -2.51. The van der Waals surface area contributed by atoms with Gasteiger partial charge in [-0.3, -0.25) is 9.59 Å². The number of ether oxygens (including phenoxy) is 1. The number of thiophene rings is 1. The Bertz CT molecular complexity index is 1190. The summed E-state index contributed by atoms with van der Waals surface area (Å²) in [6.07, 6.45) is -0.538. The summed E-state index contributed by atoms with van der Waals surface area (Å²) in [5.74, 6) is 1.05. The number of thioether (sulfide) groups is 1. The Morgan fingerprint density at radius 2 is 2.06 bits per heavy atom. The van der Waals surface area contributed by atoms with Gasteiger partial charge in [0.1, 0.15) is 22.8 Å². The number of aromatic nitrogens is 2. The Balaban J connectivity index is 1.42. The molecule has 1 aromatic carbocycles. The lowest BCUT2D eigenvalue weighted by molar-refractivity contribution is 0.0825. The van der Waals surface area contributed by atoms with Crippen LogP contribution in [0.1, 0.15) is 31.6 Å². The summed E-state index contributed by atoms with van der Waals surface area (Å²) in [6, 6.07) is 8.33. The van der Waals surface area contributed by atoms with Crippen molar-refractivity contribution in [3.8, 4) is 5.75 Å². The summed E-state index contributed by atoms with van der Waals surface area (Å²) >= 11 is 2.46. The summed E-state index contributed by atoms with van der Waals surface area (Å²) in [5, 5.41) is 4.30. The van der Waals surface area contributed by atoms with E-state index in [9.17, 15) is 14.0 Å². The predicted molar refractivity (Wildman–Crippen MR) is 128 cm³/mol. The van der Waals surface area contributed by atoms with Crippen LogP contribution in [0, 0.1) is 6.92 Å². The number of rotatable bonds is 7. The number of methoxy groups -OCH3 is 1. The van der Waals surface area contributed by atoms with Crippen LogP contribution in [0.25, 0.3) is 10.9 Å². The van der Waals surface area contributed by atoms with Gasteiger partial charge in [-0.2, -0.15) is 0 Å². The number of halogens is 1. The van der Waals surface area contributed by atoms with Crippen molar-refractivity contribution >= 4 is 45.7 Å². The van der Waals surface area contributed by atoms with Crippen LogP contribution in [0.5, 0.6) is 5.75 Å². The number of nitrogens with one attached hydrogen (secondary N) is 1. The fourth-order valence-corrected chi connectivity index (χ4v) is 5.58. The molecule has 4 rings (SSSR count). The lowest BCUT2D eigenvalue weighted by atomic mass is 10.0. The molecular formula is C23H25FN4O3S2. The van der Waals surface area contributed by atoms with Gasteiger partial charge in [0.2, 0.25) is 0 Å². The highest BCUT2D eigenvalue weighted by Gasteiger charge is 2.29. The summed E-state index contributed by atoms with van der Waals surface area (Å²) in [6.45, 7) is 2.85. The van der Waals surface area contributed by atoms with Crippen LogP contribution in [-0.2, 0) is 0 Å². The number of aryl methyl sites for hydroxylation is 1. The first kappa shape index (κ1) is 23.6. The van der Waals surface area contributed by atoms with Gasteiger partial charge < -0.3 is 15.0 Å². The van der Waals surface area contributed by atoms with Crippen LogP contribution in [0.15, 0.2) is 35.4 Å². The second-order valence-corrected chi connectivity index (χ2v) is 10.0. The highest BCUT2D eigenvalue weighted by Crippen LogP contribution is 2.30. The number of nitrogens with zero attached hydrogens (tertiary/aromatic N) is 3. The van der Waals surface area contributed by atoms with Gasteiger partial charge in [0.05, 0.1) is 34.2 Å². The zero-order valence-electron chi connectivity index (χ0n) is 18.6. The van der Waals surface area contributed by atoms with Crippen LogP contribution in [0.2, 0.25) is 0 Å². The molecule has 1 fully saturated rings. The summed E-state index contributed by atoms with van der Waals surface area (Å²) in [4.78, 5) is 37.1. The molecule has 174 valence electrons. The SMILES string of the molecule is COc1ccc2nc(C)nc(SCC(=O)c3ccc(C(=O)N[C@@H]4CCN(C)C[C@@H]4F)s3)c2c1. The molecule has 0 spiro atoms. The number of piperidine rings is 1. The smallest absolute Gasteiger partial charge is 0.261 e. The quantitative estimate of drug-likeness (QED) is 0.308. The topological polar surface area (TPSA) is 84.4 Å². The third kappa shape index (κ3) is 5.51. The Hall–Kier alpha value is -2.56. The van der Waals surface area contributed by atoms with Crippen molar-refractivity contribution in [2.45, 2.75) is 30.6 Å². The number of likely N-dealkylation sites (tertiary alicyclic amines) is 1. The van der Waals surface area contributed by atoms with Crippen molar-refractivity contribution in [1.82, 2.24) is 20.2 Å². The molecule has 0 radical (unpaired) electrons. The standard InChI is InChI=1S/C23H25FN4O3S2/c1-13-25-17-5-4-14(31-3)10-15(17)23(26-13)32-12-19(29)20-6-7-21(33-20)22(30)27-18-8-9-28(2)11-16(18)24/h4-7,10,16,18H,8-9,11-12H2,1-3H3,(H,27,30)/t16-,18+/m0/s1. The van der Waals surface area contributed by atoms with Gasteiger partial charge in [0.25, 0.3) is 5.91 Å². The molecule has 2 atom stereocenters. The summed E-state index contributed by atoms with van der Waals surface area (Å²) in [5.41, 5.74) is 0.786. The second-order valence-electron chi connectivity index (χ2n) is 7.98. The van der Waals surface area contributed by atoms with Gasteiger partial charge in [0, 0.05) is 18.5 Å². The monoisotopic (exact) mass is 488 g/mol. The third-order valence-electron chi connectivity index (χ3n) is 5.49. The van der Waals surface area contributed by atoms with Gasteiger partial charge in [-0.1, -0.05) is 11.8 Å². The first-order valence-corrected chi connectivity index (χ1v) is 12.4. The lowest BCUT2D eigenvalue weighted by Gasteiger charge is -2.32. The van der Waals surface area contributed by atoms with Gasteiger partial charge in [-0.25, -0.2) is 14.4 Å². The minimum Gasteiger partial charge on any atom is -0.497 e. The second kappa shape index (κ2) is 10.1. The Morgan fingerprint density at radius 3 is 2.82 bits per heavy atom. The number of benzene rings is 1. The Morgan fingerprint density at radius 1 is 1.27 bits per heavy atom. The Labute approximate surface area is 199 Å². The molecule has 0 saturated carbocycles. The molecule has 1 N–H and O–H groups in total. The fourth-order valence-electron chi connectivity index (χ4n) is 3.70. The van der Waals surface area contributed by atoms with Crippen LogP contribution in [0.4, 0.5) is 4.39 Å². The predicted octanol–water partition coefficient (Wildman–Crippen LogP) is 3.76. The first-order chi connectivity index (χ1) is 15.8. The van der Waals surface area contributed by atoms with E-state index < -0.39 is 12.2 Å². The van der Waals surface area contributed by atoms with Gasteiger partial charge >= 0.3 is 0 Å². The number of carbonyl (C=O) groups is 2. The number of hydrogen-bond donors (Lipinski definition) is 1. The largest absolute Gasteiger partial charge is 0.497 e. The van der Waals surface area contributed by atoms with Crippen molar-refractivity contribution in [2.24, 2.45) is 0 Å². The first-order valence-electron chi connectivity index (χ1n) is 10.6. The average molecular weight is 489 g/mol. The number of amides is 1. The van der Waals surface area contributed by atoms with Gasteiger partial charge in [-0.15, -0.1) is 11.3 Å². The number of carbonyl (C=O) groups excluding carboxylic acids is 2. The number of Topliss-reactive ketones (excluding diaryl/α,β-unsaturated/α-hetero) is 1. The molecular weight excluding hydrogens is 463 g/mol. The highest BCUT2D eigenvalue weighted by atomic mass is 32.2. The molecule has 1 aliphatic heterocycles. The molecule has 0 aliphatic carbocycles. The van der Waals surface area contributed by atoms with E-state index in [1.54, 1.807) is 19.2 Å². The molecule has 0 bridgehead atoms. The highest BCUT2D eigenvalue weighted by molar-refractivity contribution is 8.00. The van der Waals surface area contributed by atoms with Crippen LogP contribution < -0.4 is 10.1 Å². The van der Waals surface area contributed by atoms with Gasteiger partial charge in [0.15, 0.2) is 5.78 Å². The number of ketones is 1. The molecule has 1 saturated heterocycles. The molecule has 33 heavy (non-hydrogen) atoms. The van der Waals surface area contributed by atoms with Crippen molar-refractivity contribution in [3.05, 3.63) is 45.9 Å². The molecule has 1 amide bonds. The molecule has 7 nitrogen and oxygen atoms in total. The number of hydrogen-bond acceptors (Lipinski definition) is 8. The molecule has 3 heterocycles. The van der Waals surface area contributed by atoms with E-state index >= 15 is 0 Å². The van der Waals surface area contributed by atoms with Crippen LogP contribution in [0.3, 0.4) is 0 Å². The molecule has 0 unspecified atom stereocenters. The minimum absolute atomic E-state index is 0.0981. The zero-order valence-corrected chi connectivity index (χ0v) is 20.3. The summed E-state index contributed by atoms with van der Waals surface area (Å²) in [7, 11) is 3.46. The van der Waals surface area contributed by atoms with E-state index in [0.29, 0.717) is 39.3 Å². The molecule has 1 aliphatic rings. The maximum absolute atomic E-state index is 14.2. The van der Waals surface area contributed by atoms with Crippen molar-refractivity contribution in [1.29, 1.82) is 0 Å². The molecule has 2 aromatic heterocycles. The summed E-state index contributed by atoms with van der Waals surface area (Å²) < 4.78 is 19.5. The average Bonchev–Trinajstić information content (AvgIpc) is 3.29. The van der Waals surface area contributed by atoms with E-state index in [0.717, 1.165) is 28.8 Å². The third-order valence-corrected chi connectivity index (χ3v) is 7.60. The van der Waals surface area contributed by atoms with Crippen LogP contribution >= 0.6 is 23.1 Å². The maximum Gasteiger partial charge on any atom is 0.261 e. The van der Waals surface area contributed by atoms with Crippen molar-refractivity contribution in [3.63, 3.8) is 0 Å². The van der Waals surface area contributed by atoms with Crippen LogP contribution in [-0.4, -0.2) is 71.8 Å². The van der Waals surface area contributed by atoms with E-state index in [4.69, 9.17) is 4.74 Å².